The number of rotatable bonds is 6. The fourth-order valence-electron chi connectivity index (χ4n) is 2.37. The number of carbonyl (C=O) groups is 1. The van der Waals surface area contributed by atoms with Crippen molar-refractivity contribution in [1.82, 2.24) is 0 Å². The van der Waals surface area contributed by atoms with Crippen LogP contribution in [0.3, 0.4) is 0 Å². The normalized spacial score (nSPS) is 17.1. The van der Waals surface area contributed by atoms with Gasteiger partial charge in [0.1, 0.15) is 0 Å². The topological polar surface area (TPSA) is 26.3 Å². The molecule has 0 bridgehead atoms. The SMILES string of the molecule is C=C(C(=O)OCCCC(C)C)C1CCCCC1. The van der Waals surface area contributed by atoms with Crippen molar-refractivity contribution >= 4 is 5.97 Å². The first kappa shape index (κ1) is 14.3. The van der Waals surface area contributed by atoms with Crippen molar-refractivity contribution in [2.75, 3.05) is 6.61 Å². The molecular formula is C15H26O2. The van der Waals surface area contributed by atoms with E-state index in [0.717, 1.165) is 25.7 Å². The van der Waals surface area contributed by atoms with E-state index in [0.29, 0.717) is 24.0 Å². The summed E-state index contributed by atoms with van der Waals surface area (Å²) in [4.78, 5) is 11.8. The Hall–Kier alpha value is -0.790. The molecule has 0 atom stereocenters. The highest BCUT2D eigenvalue weighted by atomic mass is 16.5. The molecule has 0 aromatic heterocycles. The van der Waals surface area contributed by atoms with Crippen LogP contribution in [0.25, 0.3) is 0 Å². The minimum absolute atomic E-state index is 0.166. The van der Waals surface area contributed by atoms with E-state index in [1.54, 1.807) is 0 Å². The Morgan fingerprint density at radius 3 is 2.53 bits per heavy atom. The van der Waals surface area contributed by atoms with Crippen LogP contribution < -0.4 is 0 Å². The van der Waals surface area contributed by atoms with E-state index in [4.69, 9.17) is 4.74 Å². The molecule has 0 aromatic rings. The number of hydrogen-bond acceptors (Lipinski definition) is 2. The average Bonchev–Trinajstić information content (AvgIpc) is 2.34. The number of hydrogen-bond donors (Lipinski definition) is 0. The summed E-state index contributed by atoms with van der Waals surface area (Å²) in [5.74, 6) is 0.886. The standard InChI is InChI=1S/C15H26O2/c1-12(2)8-7-11-17-15(16)13(3)14-9-5-4-6-10-14/h12,14H,3-11H2,1-2H3. The van der Waals surface area contributed by atoms with Crippen molar-refractivity contribution < 1.29 is 9.53 Å². The minimum Gasteiger partial charge on any atom is -0.462 e. The summed E-state index contributed by atoms with van der Waals surface area (Å²) in [7, 11) is 0. The second-order valence-electron chi connectivity index (χ2n) is 5.53. The lowest BCUT2D eigenvalue weighted by molar-refractivity contribution is -0.139. The van der Waals surface area contributed by atoms with Gasteiger partial charge < -0.3 is 4.74 Å². The zero-order valence-electron chi connectivity index (χ0n) is 11.3. The summed E-state index contributed by atoms with van der Waals surface area (Å²) in [5, 5.41) is 0. The third kappa shape index (κ3) is 5.38. The van der Waals surface area contributed by atoms with E-state index in [9.17, 15) is 4.79 Å². The van der Waals surface area contributed by atoms with Crippen molar-refractivity contribution in [2.24, 2.45) is 11.8 Å². The Morgan fingerprint density at radius 1 is 1.29 bits per heavy atom. The van der Waals surface area contributed by atoms with Crippen LogP contribution in [-0.4, -0.2) is 12.6 Å². The largest absolute Gasteiger partial charge is 0.462 e. The lowest BCUT2D eigenvalue weighted by Gasteiger charge is -2.22. The Labute approximate surface area is 105 Å². The Kier molecular flexibility index (Phi) is 6.31. The monoisotopic (exact) mass is 238 g/mol. The molecule has 0 aromatic carbocycles. The smallest absolute Gasteiger partial charge is 0.333 e. The summed E-state index contributed by atoms with van der Waals surface area (Å²) < 4.78 is 5.27. The molecule has 0 heterocycles. The van der Waals surface area contributed by atoms with Gasteiger partial charge in [0, 0.05) is 5.57 Å². The zero-order chi connectivity index (χ0) is 12.7. The van der Waals surface area contributed by atoms with Crippen LogP contribution in [0.2, 0.25) is 0 Å². The first-order valence-electron chi connectivity index (χ1n) is 6.97. The molecule has 0 amide bonds. The second-order valence-corrected chi connectivity index (χ2v) is 5.53. The van der Waals surface area contributed by atoms with Gasteiger partial charge in [-0.05, 0) is 37.5 Å². The van der Waals surface area contributed by atoms with Crippen LogP contribution in [0.4, 0.5) is 0 Å². The third-order valence-corrected chi connectivity index (χ3v) is 3.52. The Balaban J connectivity index is 2.19. The summed E-state index contributed by atoms with van der Waals surface area (Å²) in [6.07, 6.45) is 8.05. The van der Waals surface area contributed by atoms with Crippen molar-refractivity contribution in [3.8, 4) is 0 Å². The predicted molar refractivity (Wildman–Crippen MR) is 70.7 cm³/mol. The van der Waals surface area contributed by atoms with Crippen LogP contribution in [0.5, 0.6) is 0 Å². The molecule has 2 nitrogen and oxygen atoms in total. The van der Waals surface area contributed by atoms with Gasteiger partial charge in [0.2, 0.25) is 0 Å². The molecule has 0 N–H and O–H groups in total. The summed E-state index contributed by atoms with van der Waals surface area (Å²) in [6, 6.07) is 0. The van der Waals surface area contributed by atoms with Crippen LogP contribution in [0, 0.1) is 11.8 Å². The first-order valence-corrected chi connectivity index (χ1v) is 6.97. The van der Waals surface area contributed by atoms with Gasteiger partial charge in [-0.3, -0.25) is 0 Å². The van der Waals surface area contributed by atoms with E-state index >= 15 is 0 Å². The van der Waals surface area contributed by atoms with Gasteiger partial charge in [-0.15, -0.1) is 0 Å². The molecule has 0 spiro atoms. The van der Waals surface area contributed by atoms with E-state index in [-0.39, 0.29) is 5.97 Å². The van der Waals surface area contributed by atoms with Gasteiger partial charge in [0.25, 0.3) is 0 Å². The van der Waals surface area contributed by atoms with E-state index in [1.807, 2.05) is 0 Å². The lowest BCUT2D eigenvalue weighted by Crippen LogP contribution is -2.18. The minimum atomic E-state index is -0.166. The molecule has 0 saturated heterocycles. The highest BCUT2D eigenvalue weighted by Gasteiger charge is 2.22. The molecule has 2 heteroatoms. The van der Waals surface area contributed by atoms with Crippen LogP contribution in [-0.2, 0) is 9.53 Å². The Bertz CT molecular complexity index is 250. The maximum absolute atomic E-state index is 11.8. The molecule has 98 valence electrons. The van der Waals surface area contributed by atoms with Crippen molar-refractivity contribution in [1.29, 1.82) is 0 Å². The van der Waals surface area contributed by atoms with Gasteiger partial charge in [-0.2, -0.15) is 0 Å². The number of carbonyl (C=O) groups excluding carboxylic acids is 1. The van der Waals surface area contributed by atoms with Gasteiger partial charge >= 0.3 is 5.97 Å². The van der Waals surface area contributed by atoms with E-state index in [1.165, 1.54) is 19.3 Å². The molecule has 1 fully saturated rings. The van der Waals surface area contributed by atoms with Gasteiger partial charge in [-0.25, -0.2) is 4.79 Å². The van der Waals surface area contributed by atoms with Crippen molar-refractivity contribution in [2.45, 2.75) is 58.8 Å². The molecule has 1 aliphatic carbocycles. The molecule has 0 aliphatic heterocycles. The highest BCUT2D eigenvalue weighted by Crippen LogP contribution is 2.29. The van der Waals surface area contributed by atoms with E-state index in [2.05, 4.69) is 20.4 Å². The highest BCUT2D eigenvalue weighted by molar-refractivity contribution is 5.88. The Morgan fingerprint density at radius 2 is 1.94 bits per heavy atom. The predicted octanol–water partition coefficient (Wildman–Crippen LogP) is 4.10. The molecule has 17 heavy (non-hydrogen) atoms. The summed E-state index contributed by atoms with van der Waals surface area (Å²) in [5.41, 5.74) is 0.703. The second kappa shape index (κ2) is 7.52. The van der Waals surface area contributed by atoms with E-state index < -0.39 is 0 Å². The van der Waals surface area contributed by atoms with Crippen LogP contribution in [0.15, 0.2) is 12.2 Å². The van der Waals surface area contributed by atoms with Crippen molar-refractivity contribution in [3.05, 3.63) is 12.2 Å². The number of esters is 1. The molecule has 1 saturated carbocycles. The lowest BCUT2D eigenvalue weighted by atomic mass is 9.84. The fourth-order valence-corrected chi connectivity index (χ4v) is 2.37. The molecule has 0 radical (unpaired) electrons. The average molecular weight is 238 g/mol. The number of ether oxygens (including phenoxy) is 1. The van der Waals surface area contributed by atoms with Crippen molar-refractivity contribution in [3.63, 3.8) is 0 Å². The fraction of sp³-hybridized carbons (Fsp3) is 0.800. The van der Waals surface area contributed by atoms with Crippen LogP contribution >= 0.6 is 0 Å². The summed E-state index contributed by atoms with van der Waals surface area (Å²) >= 11 is 0. The maximum atomic E-state index is 11.8. The maximum Gasteiger partial charge on any atom is 0.333 e. The third-order valence-electron chi connectivity index (χ3n) is 3.52. The molecular weight excluding hydrogens is 212 g/mol. The van der Waals surface area contributed by atoms with Gasteiger partial charge in [0.15, 0.2) is 0 Å². The molecule has 1 aliphatic rings. The molecule has 1 rings (SSSR count). The summed E-state index contributed by atoms with van der Waals surface area (Å²) in [6.45, 7) is 8.83. The molecule has 0 unspecified atom stereocenters. The van der Waals surface area contributed by atoms with Gasteiger partial charge in [0.05, 0.1) is 6.61 Å². The quantitative estimate of drug-likeness (QED) is 0.395. The first-order chi connectivity index (χ1) is 8.11. The van der Waals surface area contributed by atoms with Crippen LogP contribution in [0.1, 0.15) is 58.8 Å². The zero-order valence-corrected chi connectivity index (χ0v) is 11.3. The van der Waals surface area contributed by atoms with Gasteiger partial charge in [-0.1, -0.05) is 39.7 Å².